The van der Waals surface area contributed by atoms with E-state index in [9.17, 15) is 48.5 Å². The molecule has 0 aliphatic rings. The van der Waals surface area contributed by atoms with E-state index in [1.54, 1.807) is 0 Å². The van der Waals surface area contributed by atoms with Crippen molar-refractivity contribution in [2.45, 2.75) is 32.1 Å². The lowest BCUT2D eigenvalue weighted by molar-refractivity contribution is -0.384. The second-order valence-corrected chi connectivity index (χ2v) is 21.4. The largest absolute Gasteiger partial charge is 0.427 e. The molecule has 36 heteroatoms. The number of hydrogen-bond donors (Lipinski definition) is 0. The van der Waals surface area contributed by atoms with Crippen LogP contribution in [0.5, 0.6) is 5.75 Å². The average Bonchev–Trinajstić information content (AvgIpc) is 0.924. The van der Waals surface area contributed by atoms with E-state index in [4.69, 9.17) is 81.3 Å². The van der Waals surface area contributed by atoms with E-state index in [2.05, 4.69) is 10.0 Å². The van der Waals surface area contributed by atoms with E-state index < -0.39 is 66.0 Å². The molecule has 0 spiro atoms. The highest BCUT2D eigenvalue weighted by atomic mass is 16.6. The van der Waals surface area contributed by atoms with Gasteiger partial charge in [0.25, 0.3) is 5.69 Å². The number of azide groups is 1. The predicted octanol–water partition coefficient (Wildman–Crippen LogP) is 0.329. The number of nitro benzene ring substituents is 1. The Labute approximate surface area is 573 Å². The van der Waals surface area contributed by atoms with Crippen LogP contribution in [0.4, 0.5) is 5.69 Å². The van der Waals surface area contributed by atoms with Crippen molar-refractivity contribution in [2.75, 3.05) is 286 Å². The summed E-state index contributed by atoms with van der Waals surface area (Å²) in [5.74, 6) is -3.99. The SMILES string of the molecule is CN(CC(=O)CCCOCCOCCOCCOCCOCCOCCOCCOCCOCCOCCOCCOCCOCCOCCOCCN=[N+]=[N-])C(=O)CN(C)C(=O)CN(C)C(=O)CN(C)C(=O)CN(C)C(=O)CN(C)C(=O)CCCC(=O)Oc1ccc([N+](=O)[O-])cc1. The van der Waals surface area contributed by atoms with Gasteiger partial charge in [-0.15, -0.1) is 0 Å². The average molecular weight is 1410 g/mol. The van der Waals surface area contributed by atoms with Crippen molar-refractivity contribution in [3.63, 3.8) is 0 Å². The van der Waals surface area contributed by atoms with Gasteiger partial charge < -0.3 is 105 Å². The van der Waals surface area contributed by atoms with Gasteiger partial charge in [-0.25, -0.2) is 0 Å². The predicted molar refractivity (Wildman–Crippen MR) is 349 cm³/mol. The van der Waals surface area contributed by atoms with Crippen molar-refractivity contribution < 1.29 is 119 Å². The number of carbonyl (C=O) groups excluding carboxylic acids is 8. The van der Waals surface area contributed by atoms with Crippen molar-refractivity contribution in [1.82, 2.24) is 29.4 Å². The number of Topliss-reactive ketones (excluding diaryl/α,β-unsaturated/α-hetero) is 1. The summed E-state index contributed by atoms with van der Waals surface area (Å²) in [6, 6.07) is 4.94. The Morgan fingerprint density at radius 3 is 0.888 bits per heavy atom. The molecule has 6 amide bonds. The molecule has 1 aromatic rings. The maximum atomic E-state index is 13.0. The van der Waals surface area contributed by atoms with Crippen LogP contribution < -0.4 is 4.74 Å². The molecule has 0 heterocycles. The zero-order valence-corrected chi connectivity index (χ0v) is 58.1. The molecule has 0 bridgehead atoms. The lowest BCUT2D eigenvalue weighted by Gasteiger charge is -2.26. The zero-order chi connectivity index (χ0) is 72.1. The van der Waals surface area contributed by atoms with Gasteiger partial charge >= 0.3 is 5.97 Å². The third-order valence-corrected chi connectivity index (χ3v) is 13.2. The summed E-state index contributed by atoms with van der Waals surface area (Å²) < 4.78 is 87.2. The van der Waals surface area contributed by atoms with Crippen molar-refractivity contribution in [1.29, 1.82) is 0 Å². The molecule has 0 saturated carbocycles. The molecule has 0 aliphatic carbocycles. The molecule has 0 aromatic heterocycles. The molecule has 0 fully saturated rings. The lowest BCUT2D eigenvalue weighted by atomic mass is 10.2. The molecule has 560 valence electrons. The second kappa shape index (κ2) is 61.4. The van der Waals surface area contributed by atoms with Crippen molar-refractivity contribution in [3.05, 3.63) is 44.8 Å². The first-order chi connectivity index (χ1) is 47.4. The number of ether oxygens (including phenoxy) is 16. The van der Waals surface area contributed by atoms with Crippen LogP contribution in [0.3, 0.4) is 0 Å². The number of nitro groups is 1. The molecule has 0 radical (unpaired) electrons. The van der Waals surface area contributed by atoms with Crippen LogP contribution in [-0.2, 0) is 109 Å². The quantitative estimate of drug-likeness (QED) is 0.0124. The molecule has 98 heavy (non-hydrogen) atoms. The Morgan fingerprint density at radius 2 is 0.612 bits per heavy atom. The number of nitrogens with zero attached hydrogens (tertiary/aromatic N) is 10. The Hall–Kier alpha value is -6.71. The minimum absolute atomic E-state index is 0.0839. The summed E-state index contributed by atoms with van der Waals surface area (Å²) in [4.78, 5) is 121. The van der Waals surface area contributed by atoms with Crippen LogP contribution in [0.25, 0.3) is 10.4 Å². The number of hydrogen-bond acceptors (Lipinski definition) is 27. The zero-order valence-electron chi connectivity index (χ0n) is 58.1. The van der Waals surface area contributed by atoms with Gasteiger partial charge in [0.15, 0.2) is 5.78 Å². The normalized spacial score (nSPS) is 11.0. The van der Waals surface area contributed by atoms with E-state index in [0.717, 1.165) is 24.5 Å². The Balaban J connectivity index is 1.92. The molecule has 36 nitrogen and oxygen atoms in total. The maximum Gasteiger partial charge on any atom is 0.311 e. The molecule has 0 N–H and O–H groups in total. The highest BCUT2D eigenvalue weighted by molar-refractivity contribution is 5.92. The smallest absolute Gasteiger partial charge is 0.311 e. The minimum atomic E-state index is -0.648. The highest BCUT2D eigenvalue weighted by Crippen LogP contribution is 2.18. The highest BCUT2D eigenvalue weighted by Gasteiger charge is 2.25. The van der Waals surface area contributed by atoms with E-state index in [0.29, 0.717) is 211 Å². The molecular weight excluding hydrogens is 1300 g/mol. The summed E-state index contributed by atoms with van der Waals surface area (Å²) >= 11 is 0. The summed E-state index contributed by atoms with van der Waals surface area (Å²) in [6.45, 7) is 11.0. The molecular formula is C62H106N10O26. The van der Waals surface area contributed by atoms with Crippen molar-refractivity contribution in [3.8, 4) is 5.75 Å². The minimum Gasteiger partial charge on any atom is -0.427 e. The van der Waals surface area contributed by atoms with Crippen LogP contribution >= 0.6 is 0 Å². The second-order valence-electron chi connectivity index (χ2n) is 21.4. The molecule has 0 saturated heterocycles. The van der Waals surface area contributed by atoms with Crippen LogP contribution in [0.2, 0.25) is 0 Å². The standard InChI is InChI=1S/C62H106N10O26/c1-66(57(75)49-68(3)59(77)51-70(5)61(79)52-71(6)60(78)50-69(4)58(76)48-67(2)56(74)10-7-11-62(80)98-55-14-12-53(13-15-55)72(81)82)47-54(73)9-8-17-83-19-21-85-23-25-87-27-29-89-31-33-91-35-37-93-39-41-95-43-45-97-46-44-96-42-40-94-38-36-92-34-32-90-30-28-88-26-24-86-22-20-84-18-16-64-65-63/h12-15H,7-11,16-52H2,1-6H3. The van der Waals surface area contributed by atoms with Crippen molar-refractivity contribution >= 4 is 52.9 Å². The van der Waals surface area contributed by atoms with E-state index in [-0.39, 0.29) is 62.5 Å². The topological polar surface area (TPSA) is 396 Å². The summed E-state index contributed by atoms with van der Waals surface area (Å²) in [5.41, 5.74) is 8.01. The number of ketones is 1. The maximum absolute atomic E-state index is 13.0. The van der Waals surface area contributed by atoms with E-state index in [1.165, 1.54) is 71.5 Å². The Kier molecular flexibility index (Phi) is 55.9. The van der Waals surface area contributed by atoms with Gasteiger partial charge in [0.2, 0.25) is 35.4 Å². The third-order valence-electron chi connectivity index (χ3n) is 13.2. The molecule has 1 rings (SSSR count). The summed E-state index contributed by atoms with van der Waals surface area (Å²) in [5, 5.41) is 14.2. The number of rotatable bonds is 67. The van der Waals surface area contributed by atoms with Crippen LogP contribution in [0.1, 0.15) is 32.1 Å². The lowest BCUT2D eigenvalue weighted by Crippen LogP contribution is -2.48. The molecule has 0 atom stereocenters. The van der Waals surface area contributed by atoms with Crippen LogP contribution in [0.15, 0.2) is 29.4 Å². The van der Waals surface area contributed by atoms with Crippen molar-refractivity contribution in [2.24, 2.45) is 5.11 Å². The van der Waals surface area contributed by atoms with Gasteiger partial charge in [-0.3, -0.25) is 48.5 Å². The third kappa shape index (κ3) is 51.5. The number of amides is 6. The summed E-state index contributed by atoms with van der Waals surface area (Å²) in [7, 11) is 8.28. The fraction of sp³-hybridized carbons (Fsp3) is 0.774. The van der Waals surface area contributed by atoms with E-state index in [1.807, 2.05) is 0 Å². The number of carbonyl (C=O) groups is 8. The Bertz CT molecular complexity index is 2380. The molecule has 0 aliphatic heterocycles. The van der Waals surface area contributed by atoms with Gasteiger partial charge in [-0.05, 0) is 30.5 Å². The van der Waals surface area contributed by atoms with Gasteiger partial charge in [-0.1, -0.05) is 5.11 Å². The van der Waals surface area contributed by atoms with Crippen LogP contribution in [-0.4, -0.2) is 368 Å². The first kappa shape index (κ1) is 89.3. The van der Waals surface area contributed by atoms with Gasteiger partial charge in [0, 0.05) is 91.7 Å². The number of non-ortho nitro benzene ring substituents is 1. The number of benzene rings is 1. The first-order valence-electron chi connectivity index (χ1n) is 32.4. The monoisotopic (exact) mass is 1410 g/mol. The van der Waals surface area contributed by atoms with Gasteiger partial charge in [-0.2, -0.15) is 0 Å². The fourth-order valence-electron chi connectivity index (χ4n) is 7.59. The fourth-order valence-corrected chi connectivity index (χ4v) is 7.59. The Morgan fingerprint density at radius 1 is 0.357 bits per heavy atom. The van der Waals surface area contributed by atoms with Crippen LogP contribution in [0, 0.1) is 10.1 Å². The first-order valence-corrected chi connectivity index (χ1v) is 32.4. The summed E-state index contributed by atoms with van der Waals surface area (Å²) in [6.07, 6.45) is 0.506. The number of likely N-dealkylation sites (N-methyl/N-ethyl adjacent to an activating group) is 6. The van der Waals surface area contributed by atoms with Gasteiger partial charge in [0.05, 0.1) is 236 Å². The molecule has 0 unspecified atom stereocenters. The van der Waals surface area contributed by atoms with Gasteiger partial charge in [0.1, 0.15) is 5.75 Å². The van der Waals surface area contributed by atoms with E-state index >= 15 is 0 Å². The molecule has 1 aromatic carbocycles. The number of esters is 1.